The average Bonchev–Trinajstić information content (AvgIpc) is 3.20. The molecule has 0 saturated heterocycles. The molecule has 0 spiro atoms. The highest BCUT2D eigenvalue weighted by molar-refractivity contribution is 5.94. The van der Waals surface area contributed by atoms with Gasteiger partial charge in [0.1, 0.15) is 24.7 Å². The minimum Gasteiger partial charge on any atom is -0.489 e. The van der Waals surface area contributed by atoms with Gasteiger partial charge in [-0.1, -0.05) is 42.5 Å². The van der Waals surface area contributed by atoms with Crippen LogP contribution in [0.1, 0.15) is 27.5 Å². The molecule has 124 valence electrons. The minimum atomic E-state index is -0.745. The van der Waals surface area contributed by atoms with Crippen LogP contribution in [0.15, 0.2) is 77.6 Å². The number of ether oxygens (including phenoxy) is 1. The summed E-state index contributed by atoms with van der Waals surface area (Å²) in [5, 5.41) is 12.0. The van der Waals surface area contributed by atoms with Crippen LogP contribution >= 0.6 is 0 Å². The molecule has 1 N–H and O–H groups in total. The maximum absolute atomic E-state index is 12.0. The van der Waals surface area contributed by atoms with Crippen molar-refractivity contribution in [2.24, 2.45) is 0 Å². The van der Waals surface area contributed by atoms with Crippen LogP contribution in [0.5, 0.6) is 5.75 Å². The number of carbonyl (C=O) groups is 1. The van der Waals surface area contributed by atoms with Crippen LogP contribution in [0.25, 0.3) is 0 Å². The average molecular weight is 332 g/mol. The number of nitriles is 1. The summed E-state index contributed by atoms with van der Waals surface area (Å²) >= 11 is 0. The monoisotopic (exact) mass is 332 g/mol. The SMILES string of the molecule is N#CC(NC(=O)c1ccoc1)c1ccc(OCc2ccccc2)cc1. The minimum absolute atomic E-state index is 0.357. The second-order valence-electron chi connectivity index (χ2n) is 5.39. The first kappa shape index (κ1) is 16.3. The Kier molecular flexibility index (Phi) is 5.13. The van der Waals surface area contributed by atoms with Gasteiger partial charge in [-0.25, -0.2) is 0 Å². The summed E-state index contributed by atoms with van der Waals surface area (Å²) < 4.78 is 10.6. The molecule has 1 aromatic heterocycles. The molecule has 1 unspecified atom stereocenters. The summed E-state index contributed by atoms with van der Waals surface area (Å²) in [6.07, 6.45) is 2.75. The molecule has 0 aliphatic rings. The maximum Gasteiger partial charge on any atom is 0.255 e. The fourth-order valence-corrected chi connectivity index (χ4v) is 2.30. The Morgan fingerprint density at radius 1 is 1.12 bits per heavy atom. The van der Waals surface area contributed by atoms with Gasteiger partial charge in [-0.2, -0.15) is 5.26 Å². The van der Waals surface area contributed by atoms with E-state index in [1.807, 2.05) is 30.3 Å². The number of nitrogens with one attached hydrogen (secondary N) is 1. The van der Waals surface area contributed by atoms with E-state index in [1.165, 1.54) is 12.5 Å². The Bertz CT molecular complexity index is 850. The van der Waals surface area contributed by atoms with Gasteiger partial charge in [-0.05, 0) is 29.3 Å². The van der Waals surface area contributed by atoms with Crippen LogP contribution in [-0.4, -0.2) is 5.91 Å². The fourth-order valence-electron chi connectivity index (χ4n) is 2.30. The summed E-state index contributed by atoms with van der Waals surface area (Å²) in [4.78, 5) is 12.0. The molecule has 3 rings (SSSR count). The molecule has 25 heavy (non-hydrogen) atoms. The zero-order chi connectivity index (χ0) is 17.5. The van der Waals surface area contributed by atoms with Gasteiger partial charge in [0, 0.05) is 0 Å². The predicted molar refractivity (Wildman–Crippen MR) is 91.7 cm³/mol. The lowest BCUT2D eigenvalue weighted by Crippen LogP contribution is -2.27. The molecule has 0 saturated carbocycles. The van der Waals surface area contributed by atoms with Crippen molar-refractivity contribution >= 4 is 5.91 Å². The van der Waals surface area contributed by atoms with Gasteiger partial charge >= 0.3 is 0 Å². The van der Waals surface area contributed by atoms with Gasteiger partial charge in [0.05, 0.1) is 17.9 Å². The Morgan fingerprint density at radius 2 is 1.88 bits per heavy atom. The van der Waals surface area contributed by atoms with E-state index in [0.29, 0.717) is 23.5 Å². The number of nitrogens with zero attached hydrogens (tertiary/aromatic N) is 1. The first-order valence-electron chi connectivity index (χ1n) is 7.75. The topological polar surface area (TPSA) is 75.3 Å². The highest BCUT2D eigenvalue weighted by Gasteiger charge is 2.15. The number of furan rings is 1. The molecule has 0 aliphatic heterocycles. The van der Waals surface area contributed by atoms with E-state index < -0.39 is 6.04 Å². The quantitative estimate of drug-likeness (QED) is 0.744. The molecule has 1 heterocycles. The van der Waals surface area contributed by atoms with Gasteiger partial charge in [0.15, 0.2) is 0 Å². The first-order valence-corrected chi connectivity index (χ1v) is 7.75. The summed E-state index contributed by atoms with van der Waals surface area (Å²) in [6, 6.07) is 19.9. The summed E-state index contributed by atoms with van der Waals surface area (Å²) in [5.41, 5.74) is 2.14. The summed E-state index contributed by atoms with van der Waals surface area (Å²) in [7, 11) is 0. The molecule has 5 heteroatoms. The lowest BCUT2D eigenvalue weighted by molar-refractivity contribution is 0.0944. The van der Waals surface area contributed by atoms with Crippen molar-refractivity contribution in [1.82, 2.24) is 5.32 Å². The summed E-state index contributed by atoms with van der Waals surface area (Å²) in [5.74, 6) is 0.343. The van der Waals surface area contributed by atoms with Crippen molar-refractivity contribution in [3.05, 3.63) is 89.9 Å². The van der Waals surface area contributed by atoms with Crippen molar-refractivity contribution < 1.29 is 13.9 Å². The molecule has 0 fully saturated rings. The normalized spacial score (nSPS) is 11.3. The largest absolute Gasteiger partial charge is 0.489 e. The van der Waals surface area contributed by atoms with Gasteiger partial charge in [0.2, 0.25) is 0 Å². The van der Waals surface area contributed by atoms with Crippen LogP contribution in [0.3, 0.4) is 0 Å². The lowest BCUT2D eigenvalue weighted by atomic mass is 10.1. The van der Waals surface area contributed by atoms with E-state index in [0.717, 1.165) is 5.56 Å². The smallest absolute Gasteiger partial charge is 0.255 e. The summed E-state index contributed by atoms with van der Waals surface area (Å²) in [6.45, 7) is 0.471. The van der Waals surface area contributed by atoms with Gasteiger partial charge in [-0.3, -0.25) is 4.79 Å². The van der Waals surface area contributed by atoms with Gasteiger partial charge < -0.3 is 14.5 Å². The first-order chi connectivity index (χ1) is 12.3. The van der Waals surface area contributed by atoms with E-state index in [4.69, 9.17) is 9.15 Å². The highest BCUT2D eigenvalue weighted by atomic mass is 16.5. The number of carbonyl (C=O) groups excluding carboxylic acids is 1. The van der Waals surface area contributed by atoms with Crippen molar-refractivity contribution in [3.63, 3.8) is 0 Å². The lowest BCUT2D eigenvalue weighted by Gasteiger charge is -2.12. The van der Waals surface area contributed by atoms with Crippen LogP contribution in [0.2, 0.25) is 0 Å². The number of rotatable bonds is 6. The molecule has 0 radical (unpaired) electrons. The molecule has 5 nitrogen and oxygen atoms in total. The number of amides is 1. The van der Waals surface area contributed by atoms with Crippen LogP contribution in [0, 0.1) is 11.3 Å². The van der Waals surface area contributed by atoms with Crippen molar-refractivity contribution in [2.75, 3.05) is 0 Å². The van der Waals surface area contributed by atoms with E-state index in [-0.39, 0.29) is 5.91 Å². The third-order valence-electron chi connectivity index (χ3n) is 3.65. The Hall–Kier alpha value is -3.52. The second-order valence-corrected chi connectivity index (χ2v) is 5.39. The van der Waals surface area contributed by atoms with Crippen molar-refractivity contribution in [3.8, 4) is 11.8 Å². The Labute approximate surface area is 145 Å². The molecule has 1 atom stereocenters. The molecule has 0 aliphatic carbocycles. The molecule has 2 aromatic carbocycles. The van der Waals surface area contributed by atoms with Crippen LogP contribution in [-0.2, 0) is 6.61 Å². The Balaban J connectivity index is 1.62. The second kappa shape index (κ2) is 7.84. The molecule has 0 bridgehead atoms. The highest BCUT2D eigenvalue weighted by Crippen LogP contribution is 2.19. The van der Waals surface area contributed by atoms with Crippen LogP contribution < -0.4 is 10.1 Å². The van der Waals surface area contributed by atoms with Crippen molar-refractivity contribution in [1.29, 1.82) is 5.26 Å². The fraction of sp³-hybridized carbons (Fsp3) is 0.100. The van der Waals surface area contributed by atoms with E-state index in [9.17, 15) is 10.1 Å². The molecule has 3 aromatic rings. The molecular weight excluding hydrogens is 316 g/mol. The Morgan fingerprint density at radius 3 is 2.52 bits per heavy atom. The third kappa shape index (κ3) is 4.27. The van der Waals surface area contributed by atoms with E-state index in [2.05, 4.69) is 11.4 Å². The number of hydrogen-bond acceptors (Lipinski definition) is 4. The van der Waals surface area contributed by atoms with Crippen molar-refractivity contribution in [2.45, 2.75) is 12.6 Å². The zero-order valence-electron chi connectivity index (χ0n) is 13.4. The number of benzene rings is 2. The zero-order valence-corrected chi connectivity index (χ0v) is 13.4. The standard InChI is InChI=1S/C20H16N2O3/c21-12-19(22-20(23)17-10-11-24-14-17)16-6-8-18(9-7-16)25-13-15-4-2-1-3-5-15/h1-11,14,19H,13H2,(H,22,23). The predicted octanol–water partition coefficient (Wildman–Crippen LogP) is 3.85. The number of hydrogen-bond donors (Lipinski definition) is 1. The van der Waals surface area contributed by atoms with Gasteiger partial charge in [-0.15, -0.1) is 0 Å². The maximum atomic E-state index is 12.0. The van der Waals surface area contributed by atoms with E-state index >= 15 is 0 Å². The molecule has 1 amide bonds. The molecular formula is C20H16N2O3. The van der Waals surface area contributed by atoms with Crippen LogP contribution in [0.4, 0.5) is 0 Å². The third-order valence-corrected chi connectivity index (χ3v) is 3.65. The van der Waals surface area contributed by atoms with Gasteiger partial charge in [0.25, 0.3) is 5.91 Å². The van der Waals surface area contributed by atoms with E-state index in [1.54, 1.807) is 30.3 Å².